The van der Waals surface area contributed by atoms with Gasteiger partial charge in [0, 0.05) is 22.6 Å². The molecular formula is C21H15NO7S2. The highest BCUT2D eigenvalue weighted by Crippen LogP contribution is 2.43. The van der Waals surface area contributed by atoms with Gasteiger partial charge in [0.25, 0.3) is 5.91 Å². The van der Waals surface area contributed by atoms with Crippen molar-refractivity contribution in [3.63, 3.8) is 0 Å². The minimum absolute atomic E-state index is 0.0128. The van der Waals surface area contributed by atoms with Gasteiger partial charge in [0.05, 0.1) is 33.9 Å². The van der Waals surface area contributed by atoms with Gasteiger partial charge in [0.15, 0.2) is 21.3 Å². The van der Waals surface area contributed by atoms with Crippen LogP contribution >= 0.6 is 11.3 Å². The third kappa shape index (κ3) is 3.24. The predicted molar refractivity (Wildman–Crippen MR) is 113 cm³/mol. The number of fused-ring (bicyclic) bond motifs is 4. The molecule has 0 fully saturated rings. The molecule has 1 amide bonds. The first-order valence-corrected chi connectivity index (χ1v) is 11.6. The summed E-state index contributed by atoms with van der Waals surface area (Å²) in [6.45, 7) is 0.0128. The minimum Gasteiger partial charge on any atom is -0.465 e. The Morgan fingerprint density at radius 2 is 1.84 bits per heavy atom. The van der Waals surface area contributed by atoms with Crippen molar-refractivity contribution in [2.24, 2.45) is 0 Å². The summed E-state index contributed by atoms with van der Waals surface area (Å²) in [7, 11) is -2.23. The lowest BCUT2D eigenvalue weighted by Crippen LogP contribution is -2.14. The topological polar surface area (TPSA) is 108 Å². The van der Waals surface area contributed by atoms with E-state index in [-0.39, 0.29) is 28.7 Å². The third-order valence-electron chi connectivity index (χ3n) is 5.01. The Hall–Kier alpha value is -3.37. The molecule has 3 heterocycles. The summed E-state index contributed by atoms with van der Waals surface area (Å²) in [6, 6.07) is 11.3. The zero-order chi connectivity index (χ0) is 21.8. The number of benzene rings is 2. The lowest BCUT2D eigenvalue weighted by molar-refractivity contribution is 0.0601. The lowest BCUT2D eigenvalue weighted by Gasteiger charge is -2.15. The number of carbonyl (C=O) groups is 2. The van der Waals surface area contributed by atoms with Crippen molar-refractivity contribution in [1.82, 2.24) is 0 Å². The van der Waals surface area contributed by atoms with Crippen LogP contribution in [0.1, 0.15) is 25.6 Å². The zero-order valence-corrected chi connectivity index (χ0v) is 17.8. The maximum absolute atomic E-state index is 13.0. The van der Waals surface area contributed by atoms with Crippen molar-refractivity contribution in [3.8, 4) is 21.9 Å². The summed E-state index contributed by atoms with van der Waals surface area (Å²) in [4.78, 5) is 26.5. The van der Waals surface area contributed by atoms with E-state index in [4.69, 9.17) is 14.2 Å². The van der Waals surface area contributed by atoms with Gasteiger partial charge in [-0.25, -0.2) is 13.2 Å². The van der Waals surface area contributed by atoms with Crippen LogP contribution < -0.4 is 14.8 Å². The fourth-order valence-electron chi connectivity index (χ4n) is 3.59. The van der Waals surface area contributed by atoms with Crippen molar-refractivity contribution in [2.45, 2.75) is 10.6 Å². The van der Waals surface area contributed by atoms with Gasteiger partial charge in [0.1, 0.15) is 0 Å². The molecule has 158 valence electrons. The van der Waals surface area contributed by atoms with Gasteiger partial charge in [-0.05, 0) is 17.7 Å². The first-order chi connectivity index (χ1) is 14.9. The molecule has 10 heteroatoms. The molecule has 2 aliphatic heterocycles. The normalized spacial score (nSPS) is 15.0. The summed E-state index contributed by atoms with van der Waals surface area (Å²) < 4.78 is 40.6. The molecule has 0 radical (unpaired) electrons. The number of hydrogen-bond acceptors (Lipinski definition) is 8. The molecule has 0 aliphatic carbocycles. The standard InChI is InChI=1S/C21H15NO7S2/c1-27-21(24)13-7-15-16(29-10-28-15)8-14(13)22-20(23)17-6-11-9-31(25,26)18-5-3-2-4-12(18)19(11)30-17/h2-8H,9-10H2,1H3,(H,22,23). The van der Waals surface area contributed by atoms with Gasteiger partial charge in [0.2, 0.25) is 6.79 Å². The third-order valence-corrected chi connectivity index (χ3v) is 7.94. The molecule has 1 aromatic heterocycles. The number of ether oxygens (including phenoxy) is 3. The van der Waals surface area contributed by atoms with Crippen LogP contribution in [0.2, 0.25) is 0 Å². The Balaban J connectivity index is 1.52. The maximum atomic E-state index is 13.0. The van der Waals surface area contributed by atoms with Crippen LogP contribution in [-0.4, -0.2) is 34.2 Å². The molecule has 1 N–H and O–H groups in total. The molecule has 31 heavy (non-hydrogen) atoms. The van der Waals surface area contributed by atoms with Gasteiger partial charge in [-0.15, -0.1) is 11.3 Å². The summed E-state index contributed by atoms with van der Waals surface area (Å²) in [5.41, 5.74) is 1.49. The van der Waals surface area contributed by atoms with Gasteiger partial charge in [-0.1, -0.05) is 18.2 Å². The van der Waals surface area contributed by atoms with Crippen molar-refractivity contribution in [3.05, 3.63) is 58.5 Å². The fourth-order valence-corrected chi connectivity index (χ4v) is 6.45. The average molecular weight is 457 g/mol. The number of amides is 1. The molecule has 2 aromatic carbocycles. The van der Waals surface area contributed by atoms with Gasteiger partial charge in [-0.2, -0.15) is 0 Å². The van der Waals surface area contributed by atoms with Crippen LogP contribution in [0, 0.1) is 0 Å². The molecule has 3 aromatic rings. The number of sulfone groups is 1. The minimum atomic E-state index is -3.47. The summed E-state index contributed by atoms with van der Waals surface area (Å²) >= 11 is 1.20. The highest BCUT2D eigenvalue weighted by atomic mass is 32.2. The maximum Gasteiger partial charge on any atom is 0.340 e. The van der Waals surface area contributed by atoms with Gasteiger partial charge < -0.3 is 19.5 Å². The molecule has 0 bridgehead atoms. The zero-order valence-electron chi connectivity index (χ0n) is 16.1. The first kappa shape index (κ1) is 19.6. The number of anilines is 1. The van der Waals surface area contributed by atoms with Crippen LogP contribution in [-0.2, 0) is 20.3 Å². The number of rotatable bonds is 3. The molecule has 0 unspecified atom stereocenters. The van der Waals surface area contributed by atoms with E-state index in [0.717, 1.165) is 4.88 Å². The number of thiophene rings is 1. The van der Waals surface area contributed by atoms with E-state index >= 15 is 0 Å². The molecular weight excluding hydrogens is 442 g/mol. The van der Waals surface area contributed by atoms with Crippen LogP contribution in [0.15, 0.2) is 47.4 Å². The number of carbonyl (C=O) groups excluding carboxylic acids is 2. The smallest absolute Gasteiger partial charge is 0.340 e. The molecule has 0 saturated carbocycles. The van der Waals surface area contributed by atoms with Gasteiger partial charge >= 0.3 is 5.97 Å². The van der Waals surface area contributed by atoms with E-state index in [0.29, 0.717) is 27.5 Å². The SMILES string of the molecule is COC(=O)c1cc2c(cc1NC(=O)c1cc3c(s1)-c1ccccc1S(=O)(=O)C3)OCO2. The second kappa shape index (κ2) is 7.10. The predicted octanol–water partition coefficient (Wildman–Crippen LogP) is 3.47. The monoisotopic (exact) mass is 457 g/mol. The first-order valence-electron chi connectivity index (χ1n) is 9.15. The molecule has 2 aliphatic rings. The van der Waals surface area contributed by atoms with E-state index < -0.39 is 21.7 Å². The average Bonchev–Trinajstić information content (AvgIpc) is 3.38. The number of methoxy groups -OCH3 is 1. The van der Waals surface area contributed by atoms with Crippen LogP contribution in [0.3, 0.4) is 0 Å². The fraction of sp³-hybridized carbons (Fsp3) is 0.143. The summed E-state index contributed by atoms with van der Waals surface area (Å²) in [5, 5.41) is 2.71. The second-order valence-corrected chi connectivity index (χ2v) is 9.93. The van der Waals surface area contributed by atoms with Crippen molar-refractivity contribution < 1.29 is 32.2 Å². The van der Waals surface area contributed by atoms with E-state index in [2.05, 4.69) is 5.32 Å². The molecule has 0 spiro atoms. The molecule has 0 saturated heterocycles. The Bertz CT molecular complexity index is 1360. The molecule has 5 rings (SSSR count). The highest BCUT2D eigenvalue weighted by molar-refractivity contribution is 7.91. The van der Waals surface area contributed by atoms with Crippen LogP contribution in [0.4, 0.5) is 5.69 Å². The Kier molecular flexibility index (Phi) is 4.49. The largest absolute Gasteiger partial charge is 0.465 e. The highest BCUT2D eigenvalue weighted by Gasteiger charge is 2.31. The number of nitrogens with one attached hydrogen (secondary N) is 1. The molecule has 8 nitrogen and oxygen atoms in total. The Morgan fingerprint density at radius 1 is 1.10 bits per heavy atom. The summed E-state index contributed by atoms with van der Waals surface area (Å²) in [5.74, 6) is -0.502. The van der Waals surface area contributed by atoms with E-state index in [9.17, 15) is 18.0 Å². The Morgan fingerprint density at radius 3 is 2.61 bits per heavy atom. The summed E-state index contributed by atoms with van der Waals surface area (Å²) in [6.07, 6.45) is 0. The van der Waals surface area contributed by atoms with Crippen LogP contribution in [0.5, 0.6) is 11.5 Å². The van der Waals surface area contributed by atoms with E-state index in [1.165, 1.54) is 30.6 Å². The second-order valence-electron chi connectivity index (χ2n) is 6.92. The van der Waals surface area contributed by atoms with Crippen LogP contribution in [0.25, 0.3) is 10.4 Å². The number of hydrogen-bond donors (Lipinski definition) is 1. The lowest BCUT2D eigenvalue weighted by atomic mass is 10.1. The number of esters is 1. The van der Waals surface area contributed by atoms with Gasteiger partial charge in [-0.3, -0.25) is 4.79 Å². The molecule has 0 atom stereocenters. The van der Waals surface area contributed by atoms with Crippen molar-refractivity contribution >= 4 is 38.7 Å². The Labute approximate surface area is 181 Å². The quantitative estimate of drug-likeness (QED) is 0.600. The van der Waals surface area contributed by atoms with E-state index in [1.807, 2.05) is 0 Å². The van der Waals surface area contributed by atoms with Crippen molar-refractivity contribution in [2.75, 3.05) is 19.2 Å². The van der Waals surface area contributed by atoms with Crippen molar-refractivity contribution in [1.29, 1.82) is 0 Å². The van der Waals surface area contributed by atoms with E-state index in [1.54, 1.807) is 30.3 Å².